The van der Waals surface area contributed by atoms with Gasteiger partial charge in [0, 0.05) is 42.5 Å². The Morgan fingerprint density at radius 3 is 2.72 bits per heavy atom. The first-order valence-electron chi connectivity index (χ1n) is 11.4. The number of benzene rings is 2. The highest BCUT2D eigenvalue weighted by Crippen LogP contribution is 2.33. The summed E-state index contributed by atoms with van der Waals surface area (Å²) in [4.78, 5) is 15.4. The van der Waals surface area contributed by atoms with E-state index >= 15 is 0 Å². The monoisotopic (exact) mass is 544 g/mol. The second-order valence-corrected chi connectivity index (χ2v) is 9.81. The fourth-order valence-electron chi connectivity index (χ4n) is 3.87. The van der Waals surface area contributed by atoms with E-state index < -0.39 is 5.82 Å². The molecule has 2 aromatic heterocycles. The lowest BCUT2D eigenvalue weighted by Gasteiger charge is -2.26. The lowest BCUT2D eigenvalue weighted by molar-refractivity contribution is 0.0410. The van der Waals surface area contributed by atoms with Crippen LogP contribution in [0.25, 0.3) is 22.0 Å². The summed E-state index contributed by atoms with van der Waals surface area (Å²) in [6, 6.07) is 12.5. The molecule has 186 valence electrons. The molecule has 0 amide bonds. The van der Waals surface area contributed by atoms with Crippen molar-refractivity contribution in [1.29, 1.82) is 0 Å². The summed E-state index contributed by atoms with van der Waals surface area (Å²) in [6.07, 6.45) is 3.16. The Hall–Kier alpha value is -2.69. The Balaban J connectivity index is 1.35. The van der Waals surface area contributed by atoms with Crippen molar-refractivity contribution in [3.8, 4) is 11.1 Å². The molecule has 5 rings (SSSR count). The van der Waals surface area contributed by atoms with Gasteiger partial charge in [0.2, 0.25) is 0 Å². The zero-order valence-corrected chi connectivity index (χ0v) is 21.5. The smallest absolute Gasteiger partial charge is 0.165 e. The number of hydrogen-bond acceptors (Lipinski definition) is 8. The third kappa shape index (κ3) is 5.82. The molecule has 3 heterocycles. The standard InChI is InChI=1S/C25H23Cl2FN6OS/c26-19-2-1-3-21(23(19)28)32-25-18-12-16(4-5-20(18)30-15-31-25)17-13-22(24(27)29-14-17)33-36-11-8-34-6-9-35-10-7-34/h1-5,12-15,33H,6-11H2,(H,30,31,32). The van der Waals surface area contributed by atoms with Crippen molar-refractivity contribution in [3.05, 3.63) is 71.0 Å². The zero-order chi connectivity index (χ0) is 24.9. The Kier molecular flexibility index (Phi) is 8.03. The maximum Gasteiger partial charge on any atom is 0.165 e. The molecule has 0 saturated carbocycles. The highest BCUT2D eigenvalue weighted by atomic mass is 35.5. The average Bonchev–Trinajstić information content (AvgIpc) is 2.91. The Labute approximate surface area is 222 Å². The number of nitrogens with zero attached hydrogens (tertiary/aromatic N) is 4. The highest BCUT2D eigenvalue weighted by Gasteiger charge is 2.13. The van der Waals surface area contributed by atoms with Crippen molar-refractivity contribution in [1.82, 2.24) is 19.9 Å². The van der Waals surface area contributed by atoms with Crippen molar-refractivity contribution in [2.45, 2.75) is 0 Å². The molecule has 0 unspecified atom stereocenters. The summed E-state index contributed by atoms with van der Waals surface area (Å²) in [7, 11) is 0. The van der Waals surface area contributed by atoms with Gasteiger partial charge >= 0.3 is 0 Å². The van der Waals surface area contributed by atoms with E-state index in [9.17, 15) is 4.39 Å². The number of nitrogens with one attached hydrogen (secondary N) is 2. The quantitative estimate of drug-likeness (QED) is 0.152. The molecule has 0 spiro atoms. The minimum atomic E-state index is -0.536. The van der Waals surface area contributed by atoms with Gasteiger partial charge in [0.25, 0.3) is 0 Å². The number of anilines is 3. The van der Waals surface area contributed by atoms with Crippen LogP contribution in [0.4, 0.5) is 21.6 Å². The third-order valence-corrected chi connectivity index (χ3v) is 7.15. The van der Waals surface area contributed by atoms with Gasteiger partial charge in [-0.2, -0.15) is 0 Å². The average molecular weight is 545 g/mol. The van der Waals surface area contributed by atoms with Gasteiger partial charge in [0.1, 0.15) is 12.1 Å². The second-order valence-electron chi connectivity index (χ2n) is 8.15. The molecule has 11 heteroatoms. The SMILES string of the molecule is Fc1c(Cl)cccc1Nc1ncnc2ccc(-c3cnc(Cl)c(NSCCN4CCOCC4)c3)cc12. The van der Waals surface area contributed by atoms with Gasteiger partial charge in [-0.05, 0) is 35.9 Å². The summed E-state index contributed by atoms with van der Waals surface area (Å²) in [5.74, 6) is 0.843. The number of morpholine rings is 1. The Morgan fingerprint density at radius 1 is 1.00 bits per heavy atom. The van der Waals surface area contributed by atoms with Crippen LogP contribution in [0.3, 0.4) is 0 Å². The lowest BCUT2D eigenvalue weighted by Crippen LogP contribution is -2.37. The number of halogens is 3. The molecular weight excluding hydrogens is 522 g/mol. The number of pyridine rings is 1. The van der Waals surface area contributed by atoms with Crippen molar-refractivity contribution in [2.75, 3.05) is 48.6 Å². The second kappa shape index (κ2) is 11.6. The lowest BCUT2D eigenvalue weighted by atomic mass is 10.0. The first kappa shape index (κ1) is 25.0. The van der Waals surface area contributed by atoms with E-state index in [1.54, 1.807) is 30.3 Å². The van der Waals surface area contributed by atoms with E-state index in [1.165, 1.54) is 12.4 Å². The Morgan fingerprint density at radius 2 is 1.86 bits per heavy atom. The van der Waals surface area contributed by atoms with E-state index in [2.05, 4.69) is 29.9 Å². The minimum Gasteiger partial charge on any atom is -0.379 e. The van der Waals surface area contributed by atoms with E-state index in [1.807, 2.05) is 24.3 Å². The largest absolute Gasteiger partial charge is 0.379 e. The first-order chi connectivity index (χ1) is 17.6. The molecule has 0 bridgehead atoms. The fourth-order valence-corrected chi connectivity index (χ4v) is 5.01. The minimum absolute atomic E-state index is 0.0362. The van der Waals surface area contributed by atoms with Gasteiger partial charge in [-0.3, -0.25) is 4.90 Å². The van der Waals surface area contributed by atoms with Gasteiger partial charge in [-0.25, -0.2) is 19.3 Å². The molecule has 1 fully saturated rings. The number of ether oxygens (including phenoxy) is 1. The van der Waals surface area contributed by atoms with E-state index in [0.717, 1.165) is 66.3 Å². The molecule has 1 saturated heterocycles. The first-order valence-corrected chi connectivity index (χ1v) is 13.1. The maximum atomic E-state index is 14.5. The van der Waals surface area contributed by atoms with E-state index in [0.29, 0.717) is 11.0 Å². The number of hydrogen-bond donors (Lipinski definition) is 2. The maximum absolute atomic E-state index is 14.5. The molecule has 1 aliphatic rings. The molecule has 0 aliphatic carbocycles. The van der Waals surface area contributed by atoms with Crippen LogP contribution in [0.15, 0.2) is 55.0 Å². The topological polar surface area (TPSA) is 75.2 Å². The Bertz CT molecular complexity index is 1370. The number of rotatable bonds is 8. The molecule has 36 heavy (non-hydrogen) atoms. The molecule has 0 atom stereocenters. The molecule has 2 aromatic carbocycles. The van der Waals surface area contributed by atoms with Crippen LogP contribution in [0.1, 0.15) is 0 Å². The summed E-state index contributed by atoms with van der Waals surface area (Å²) in [5.41, 5.74) is 3.47. The third-order valence-electron chi connectivity index (χ3n) is 5.81. The van der Waals surface area contributed by atoms with Crippen LogP contribution in [-0.4, -0.2) is 58.5 Å². The van der Waals surface area contributed by atoms with Crippen molar-refractivity contribution in [2.24, 2.45) is 0 Å². The fraction of sp³-hybridized carbons (Fsp3) is 0.240. The van der Waals surface area contributed by atoms with Crippen LogP contribution in [0.2, 0.25) is 10.2 Å². The van der Waals surface area contributed by atoms with E-state index in [-0.39, 0.29) is 10.7 Å². The van der Waals surface area contributed by atoms with Crippen molar-refractivity contribution in [3.63, 3.8) is 0 Å². The summed E-state index contributed by atoms with van der Waals surface area (Å²) >= 11 is 13.9. The van der Waals surface area contributed by atoms with Gasteiger partial charge in [0.15, 0.2) is 11.0 Å². The van der Waals surface area contributed by atoms with Gasteiger partial charge in [0.05, 0.1) is 35.1 Å². The molecule has 2 N–H and O–H groups in total. The zero-order valence-electron chi connectivity index (χ0n) is 19.2. The van der Waals surface area contributed by atoms with Gasteiger partial charge in [-0.15, -0.1) is 0 Å². The summed E-state index contributed by atoms with van der Waals surface area (Å²) in [5, 5.41) is 4.22. The predicted molar refractivity (Wildman–Crippen MR) is 146 cm³/mol. The summed E-state index contributed by atoms with van der Waals surface area (Å²) < 4.78 is 23.2. The summed E-state index contributed by atoms with van der Waals surface area (Å²) in [6.45, 7) is 4.48. The number of fused-ring (bicyclic) bond motifs is 1. The van der Waals surface area contributed by atoms with Crippen LogP contribution < -0.4 is 10.0 Å². The number of aromatic nitrogens is 3. The predicted octanol–water partition coefficient (Wildman–Crippen LogP) is 6.27. The highest BCUT2D eigenvalue weighted by molar-refractivity contribution is 8.00. The molecule has 4 aromatic rings. The normalized spacial score (nSPS) is 14.2. The van der Waals surface area contributed by atoms with Crippen LogP contribution >= 0.6 is 35.1 Å². The molecule has 1 aliphatic heterocycles. The van der Waals surface area contributed by atoms with Crippen LogP contribution in [0.5, 0.6) is 0 Å². The van der Waals surface area contributed by atoms with E-state index in [4.69, 9.17) is 27.9 Å². The van der Waals surface area contributed by atoms with Crippen LogP contribution in [0, 0.1) is 5.82 Å². The van der Waals surface area contributed by atoms with Crippen molar-refractivity contribution >= 4 is 63.2 Å². The molecular formula is C25H23Cl2FN6OS. The molecule has 7 nitrogen and oxygen atoms in total. The van der Waals surface area contributed by atoms with Crippen LogP contribution in [-0.2, 0) is 4.74 Å². The van der Waals surface area contributed by atoms with Gasteiger partial charge < -0.3 is 14.8 Å². The van der Waals surface area contributed by atoms with Crippen molar-refractivity contribution < 1.29 is 9.13 Å². The van der Waals surface area contributed by atoms with Gasteiger partial charge in [-0.1, -0.05) is 47.3 Å². The molecule has 0 radical (unpaired) electrons.